The molecular weight excluding hydrogens is 350 g/mol. The summed E-state index contributed by atoms with van der Waals surface area (Å²) >= 11 is 0. The van der Waals surface area contributed by atoms with E-state index in [1.807, 2.05) is 31.2 Å². The minimum atomic E-state index is -0.699. The molecule has 1 amide bonds. The zero-order valence-corrected chi connectivity index (χ0v) is 14.3. The monoisotopic (exact) mass is 365 g/mol. The van der Waals surface area contributed by atoms with Gasteiger partial charge in [0.15, 0.2) is 6.61 Å². The Kier molecular flexibility index (Phi) is 6.39. The number of nitro benzene ring substituents is 1. The summed E-state index contributed by atoms with van der Waals surface area (Å²) < 4.78 is 4.83. The summed E-state index contributed by atoms with van der Waals surface area (Å²) in [6, 6.07) is 12.7. The third-order valence-corrected chi connectivity index (χ3v) is 3.44. The van der Waals surface area contributed by atoms with Crippen molar-refractivity contribution in [2.24, 2.45) is 0 Å². The second-order valence-electron chi connectivity index (χ2n) is 5.50. The predicted octanol–water partition coefficient (Wildman–Crippen LogP) is 2.97. The minimum absolute atomic E-state index is 0.0665. The molecule has 0 radical (unpaired) electrons. The number of rotatable bonds is 6. The Morgan fingerprint density at radius 3 is 2.59 bits per heavy atom. The van der Waals surface area contributed by atoms with E-state index in [9.17, 15) is 19.7 Å². The molecule has 0 unspecified atom stereocenters. The summed E-state index contributed by atoms with van der Waals surface area (Å²) in [7, 11) is 0. The first-order chi connectivity index (χ1) is 12.9. The van der Waals surface area contributed by atoms with E-state index in [1.165, 1.54) is 12.1 Å². The van der Waals surface area contributed by atoms with Gasteiger partial charge in [0.1, 0.15) is 6.07 Å². The molecule has 0 aliphatic carbocycles. The number of nitro groups is 1. The molecule has 0 heterocycles. The number of amides is 1. The van der Waals surface area contributed by atoms with Crippen LogP contribution in [0.15, 0.2) is 48.5 Å². The van der Waals surface area contributed by atoms with E-state index < -0.39 is 23.4 Å². The normalized spacial score (nSPS) is 10.2. The number of nitrogens with zero attached hydrogens (tertiary/aromatic N) is 2. The molecule has 0 saturated heterocycles. The predicted molar refractivity (Wildman–Crippen MR) is 97.6 cm³/mol. The maximum Gasteiger partial charge on any atom is 0.331 e. The van der Waals surface area contributed by atoms with Crippen LogP contribution in [0, 0.1) is 28.4 Å². The Morgan fingerprint density at radius 1 is 1.26 bits per heavy atom. The molecule has 0 spiro atoms. The highest BCUT2D eigenvalue weighted by Crippen LogP contribution is 2.21. The highest BCUT2D eigenvalue weighted by Gasteiger charge is 2.13. The van der Waals surface area contributed by atoms with Crippen molar-refractivity contribution >= 4 is 29.3 Å². The SMILES string of the molecule is Cc1ccc(/C=C/C(=O)OCC(=O)Nc2ccc([N+](=O)[O-])cc2C#N)cc1. The van der Waals surface area contributed by atoms with Gasteiger partial charge >= 0.3 is 5.97 Å². The van der Waals surface area contributed by atoms with Gasteiger partial charge in [-0.15, -0.1) is 0 Å². The average Bonchev–Trinajstić information content (AvgIpc) is 2.66. The molecule has 0 fully saturated rings. The van der Waals surface area contributed by atoms with Crippen molar-refractivity contribution in [2.45, 2.75) is 6.92 Å². The molecule has 0 saturated carbocycles. The van der Waals surface area contributed by atoms with Crippen molar-refractivity contribution in [1.82, 2.24) is 0 Å². The first-order valence-electron chi connectivity index (χ1n) is 7.79. The van der Waals surface area contributed by atoms with Gasteiger partial charge in [-0.3, -0.25) is 14.9 Å². The molecule has 1 N–H and O–H groups in total. The number of hydrogen-bond acceptors (Lipinski definition) is 6. The molecule has 136 valence electrons. The molecule has 27 heavy (non-hydrogen) atoms. The van der Waals surface area contributed by atoms with Gasteiger partial charge in [-0.1, -0.05) is 29.8 Å². The van der Waals surface area contributed by atoms with Gasteiger partial charge in [0.25, 0.3) is 11.6 Å². The number of carbonyl (C=O) groups is 2. The number of esters is 1. The van der Waals surface area contributed by atoms with E-state index >= 15 is 0 Å². The Balaban J connectivity index is 1.90. The van der Waals surface area contributed by atoms with Crippen LogP contribution in [0.1, 0.15) is 16.7 Å². The number of hydrogen-bond donors (Lipinski definition) is 1. The summed E-state index contributed by atoms with van der Waals surface area (Å²) in [5, 5.41) is 22.1. The van der Waals surface area contributed by atoms with E-state index in [4.69, 9.17) is 10.00 Å². The van der Waals surface area contributed by atoms with Crippen LogP contribution in [-0.2, 0) is 14.3 Å². The fourth-order valence-corrected chi connectivity index (χ4v) is 2.06. The van der Waals surface area contributed by atoms with Gasteiger partial charge in [-0.25, -0.2) is 4.79 Å². The molecule has 2 aromatic carbocycles. The molecule has 0 atom stereocenters. The van der Waals surface area contributed by atoms with Gasteiger partial charge in [0.2, 0.25) is 0 Å². The third-order valence-electron chi connectivity index (χ3n) is 3.44. The lowest BCUT2D eigenvalue weighted by Crippen LogP contribution is -2.20. The minimum Gasteiger partial charge on any atom is -0.452 e. The molecule has 0 aliphatic rings. The van der Waals surface area contributed by atoms with Crippen LogP contribution < -0.4 is 5.32 Å². The molecular formula is C19H15N3O5. The third kappa shape index (κ3) is 5.79. The number of aryl methyl sites for hydroxylation is 1. The second kappa shape index (κ2) is 8.92. The Bertz CT molecular complexity index is 943. The number of non-ortho nitro benzene ring substituents is 1. The lowest BCUT2D eigenvalue weighted by atomic mass is 10.1. The molecule has 0 bridgehead atoms. The van der Waals surface area contributed by atoms with Gasteiger partial charge in [0, 0.05) is 18.2 Å². The maximum absolute atomic E-state index is 11.9. The van der Waals surface area contributed by atoms with Crippen LogP contribution in [0.5, 0.6) is 0 Å². The quantitative estimate of drug-likeness (QED) is 0.363. The Hall–Kier alpha value is -3.99. The topological polar surface area (TPSA) is 122 Å². The van der Waals surface area contributed by atoms with Gasteiger partial charge in [-0.05, 0) is 24.6 Å². The van der Waals surface area contributed by atoms with Crippen molar-refractivity contribution in [3.05, 3.63) is 75.3 Å². The summed E-state index contributed by atoms with van der Waals surface area (Å²) in [5.74, 6) is -1.37. The molecule has 8 nitrogen and oxygen atoms in total. The standard InChI is InChI=1S/C19H15N3O5/c1-13-2-4-14(5-3-13)6-9-19(24)27-12-18(23)21-17-8-7-16(22(25)26)10-15(17)11-20/h2-10H,12H2,1H3,(H,21,23)/b9-6+. The van der Waals surface area contributed by atoms with Gasteiger partial charge < -0.3 is 10.1 Å². The van der Waals surface area contributed by atoms with Gasteiger partial charge in [-0.2, -0.15) is 5.26 Å². The van der Waals surface area contributed by atoms with Crippen LogP contribution in [0.4, 0.5) is 11.4 Å². The van der Waals surface area contributed by atoms with Crippen molar-refractivity contribution in [3.63, 3.8) is 0 Å². The van der Waals surface area contributed by atoms with Crippen LogP contribution in [0.2, 0.25) is 0 Å². The Morgan fingerprint density at radius 2 is 1.96 bits per heavy atom. The zero-order valence-electron chi connectivity index (χ0n) is 14.3. The summed E-state index contributed by atoms with van der Waals surface area (Å²) in [4.78, 5) is 33.6. The van der Waals surface area contributed by atoms with Crippen molar-refractivity contribution in [1.29, 1.82) is 5.26 Å². The van der Waals surface area contributed by atoms with E-state index in [0.717, 1.165) is 23.3 Å². The molecule has 2 aromatic rings. The highest BCUT2D eigenvalue weighted by molar-refractivity contribution is 5.95. The summed E-state index contributed by atoms with van der Waals surface area (Å²) in [5.41, 5.74) is 1.67. The first-order valence-corrected chi connectivity index (χ1v) is 7.79. The molecule has 0 aromatic heterocycles. The molecule has 2 rings (SSSR count). The highest BCUT2D eigenvalue weighted by atomic mass is 16.6. The maximum atomic E-state index is 11.9. The van der Waals surface area contributed by atoms with Crippen molar-refractivity contribution < 1.29 is 19.2 Å². The fraction of sp³-hybridized carbons (Fsp3) is 0.105. The van der Waals surface area contributed by atoms with E-state index in [2.05, 4.69) is 5.32 Å². The zero-order chi connectivity index (χ0) is 19.8. The number of carbonyl (C=O) groups excluding carboxylic acids is 2. The first kappa shape index (κ1) is 19.3. The fourth-order valence-electron chi connectivity index (χ4n) is 2.06. The van der Waals surface area contributed by atoms with E-state index in [1.54, 1.807) is 12.1 Å². The number of ether oxygens (including phenoxy) is 1. The van der Waals surface area contributed by atoms with Crippen LogP contribution >= 0.6 is 0 Å². The smallest absolute Gasteiger partial charge is 0.331 e. The second-order valence-corrected chi connectivity index (χ2v) is 5.50. The molecule has 8 heteroatoms. The summed E-state index contributed by atoms with van der Waals surface area (Å²) in [6.45, 7) is 1.39. The van der Waals surface area contributed by atoms with Crippen LogP contribution in [0.3, 0.4) is 0 Å². The van der Waals surface area contributed by atoms with Gasteiger partial charge in [0.05, 0.1) is 16.2 Å². The number of nitriles is 1. The van der Waals surface area contributed by atoms with Crippen molar-refractivity contribution in [2.75, 3.05) is 11.9 Å². The van der Waals surface area contributed by atoms with Crippen LogP contribution in [-0.4, -0.2) is 23.4 Å². The lowest BCUT2D eigenvalue weighted by Gasteiger charge is -2.07. The van der Waals surface area contributed by atoms with Crippen molar-refractivity contribution in [3.8, 4) is 6.07 Å². The number of anilines is 1. The lowest BCUT2D eigenvalue weighted by molar-refractivity contribution is -0.384. The molecule has 0 aliphatic heterocycles. The Labute approximate surface area is 154 Å². The van der Waals surface area contributed by atoms with Crippen LogP contribution in [0.25, 0.3) is 6.08 Å². The average molecular weight is 365 g/mol. The van der Waals surface area contributed by atoms with E-state index in [0.29, 0.717) is 0 Å². The summed E-state index contributed by atoms with van der Waals surface area (Å²) in [6.07, 6.45) is 2.76. The van der Waals surface area contributed by atoms with E-state index in [-0.39, 0.29) is 16.9 Å². The number of benzene rings is 2. The number of nitrogens with one attached hydrogen (secondary N) is 1. The largest absolute Gasteiger partial charge is 0.452 e.